The minimum atomic E-state index is 0.676. The minimum absolute atomic E-state index is 0.676. The van der Waals surface area contributed by atoms with E-state index in [0.717, 1.165) is 5.92 Å². The van der Waals surface area contributed by atoms with Crippen LogP contribution >= 0.6 is 0 Å². The van der Waals surface area contributed by atoms with E-state index in [2.05, 4.69) is 44.4 Å². The van der Waals surface area contributed by atoms with E-state index in [9.17, 15) is 0 Å². The molecule has 2 atom stereocenters. The molecule has 2 unspecified atom stereocenters. The molecule has 1 fully saturated rings. The van der Waals surface area contributed by atoms with Crippen molar-refractivity contribution in [3.8, 4) is 0 Å². The first-order valence-electron chi connectivity index (χ1n) is 6.46. The molecule has 1 aliphatic rings. The van der Waals surface area contributed by atoms with Gasteiger partial charge in [-0.1, -0.05) is 42.2 Å². The molecule has 0 aliphatic heterocycles. The van der Waals surface area contributed by atoms with Crippen molar-refractivity contribution < 1.29 is 0 Å². The van der Waals surface area contributed by atoms with Crippen LogP contribution < -0.4 is 5.32 Å². The molecular weight excluding hydrogens is 194 g/mol. The van der Waals surface area contributed by atoms with Crippen LogP contribution in [0.1, 0.15) is 48.3 Å². The molecule has 1 N–H and O–H groups in total. The van der Waals surface area contributed by atoms with Crippen molar-refractivity contribution in [2.45, 2.75) is 51.5 Å². The van der Waals surface area contributed by atoms with Gasteiger partial charge in [0.05, 0.1) is 0 Å². The molecule has 0 bridgehead atoms. The third-order valence-electron chi connectivity index (χ3n) is 3.81. The van der Waals surface area contributed by atoms with E-state index in [4.69, 9.17) is 0 Å². The van der Waals surface area contributed by atoms with Crippen molar-refractivity contribution in [2.75, 3.05) is 7.05 Å². The predicted molar refractivity (Wildman–Crippen MR) is 70.0 cm³/mol. The Kier molecular flexibility index (Phi) is 3.65. The van der Waals surface area contributed by atoms with E-state index in [1.807, 2.05) is 0 Å². The molecule has 88 valence electrons. The van der Waals surface area contributed by atoms with Crippen LogP contribution in [0.5, 0.6) is 0 Å². The summed E-state index contributed by atoms with van der Waals surface area (Å²) in [4.78, 5) is 0. The molecule has 0 aromatic heterocycles. The van der Waals surface area contributed by atoms with Crippen molar-refractivity contribution in [3.63, 3.8) is 0 Å². The summed E-state index contributed by atoms with van der Waals surface area (Å²) >= 11 is 0. The van der Waals surface area contributed by atoms with E-state index < -0.39 is 0 Å². The van der Waals surface area contributed by atoms with Gasteiger partial charge in [-0.2, -0.15) is 0 Å². The summed E-state index contributed by atoms with van der Waals surface area (Å²) < 4.78 is 0. The Labute approximate surface area is 99.3 Å². The number of hydrogen-bond donors (Lipinski definition) is 1. The van der Waals surface area contributed by atoms with Gasteiger partial charge in [-0.15, -0.1) is 0 Å². The highest BCUT2D eigenvalue weighted by Gasteiger charge is 2.25. The largest absolute Gasteiger partial charge is 0.316 e. The fourth-order valence-electron chi connectivity index (χ4n) is 3.10. The van der Waals surface area contributed by atoms with Crippen molar-refractivity contribution in [1.29, 1.82) is 0 Å². The second kappa shape index (κ2) is 5.01. The first-order chi connectivity index (χ1) is 7.70. The molecule has 0 heterocycles. The second-order valence-corrected chi connectivity index (χ2v) is 5.21. The molecule has 1 aliphatic carbocycles. The summed E-state index contributed by atoms with van der Waals surface area (Å²) in [6.45, 7) is 4.40. The lowest BCUT2D eigenvalue weighted by molar-refractivity contribution is 0.344. The number of hydrogen-bond acceptors (Lipinski definition) is 1. The maximum atomic E-state index is 3.49. The van der Waals surface area contributed by atoms with Gasteiger partial charge in [-0.3, -0.25) is 0 Å². The SMILES string of the molecule is CNC1CCCCC1c1cc(C)cc(C)c1. The van der Waals surface area contributed by atoms with Gasteiger partial charge in [-0.05, 0) is 45.2 Å². The average molecular weight is 217 g/mol. The third kappa shape index (κ3) is 2.46. The predicted octanol–water partition coefficient (Wildman–Crippen LogP) is 3.55. The number of aryl methyl sites for hydroxylation is 2. The lowest BCUT2D eigenvalue weighted by atomic mass is 9.79. The number of rotatable bonds is 2. The maximum Gasteiger partial charge on any atom is 0.0133 e. The fraction of sp³-hybridized carbons (Fsp3) is 0.600. The van der Waals surface area contributed by atoms with Gasteiger partial charge < -0.3 is 5.32 Å². The van der Waals surface area contributed by atoms with Gasteiger partial charge in [0.25, 0.3) is 0 Å². The molecule has 2 rings (SSSR count). The summed E-state index contributed by atoms with van der Waals surface area (Å²) in [7, 11) is 2.10. The summed E-state index contributed by atoms with van der Waals surface area (Å²) in [5.41, 5.74) is 4.34. The standard InChI is InChI=1S/C15H23N/c1-11-8-12(2)10-13(9-11)14-6-4-5-7-15(14)16-3/h8-10,14-16H,4-7H2,1-3H3. The number of nitrogens with one attached hydrogen (secondary N) is 1. The molecule has 1 nitrogen and oxygen atoms in total. The summed E-state index contributed by atoms with van der Waals surface area (Å²) in [6.07, 6.45) is 5.44. The van der Waals surface area contributed by atoms with Crippen LogP contribution in [0.3, 0.4) is 0 Å². The Bertz CT molecular complexity index is 336. The molecule has 1 saturated carbocycles. The van der Waals surface area contributed by atoms with Crippen molar-refractivity contribution in [1.82, 2.24) is 5.32 Å². The quantitative estimate of drug-likeness (QED) is 0.799. The second-order valence-electron chi connectivity index (χ2n) is 5.21. The van der Waals surface area contributed by atoms with Gasteiger partial charge in [0, 0.05) is 6.04 Å². The molecular formula is C15H23N. The Morgan fingerprint density at radius 2 is 1.62 bits per heavy atom. The monoisotopic (exact) mass is 217 g/mol. The topological polar surface area (TPSA) is 12.0 Å². The zero-order valence-corrected chi connectivity index (χ0v) is 10.7. The lowest BCUT2D eigenvalue weighted by Crippen LogP contribution is -2.34. The first-order valence-corrected chi connectivity index (χ1v) is 6.46. The van der Waals surface area contributed by atoms with Crippen LogP contribution in [-0.2, 0) is 0 Å². The van der Waals surface area contributed by atoms with Crippen LogP contribution in [0.4, 0.5) is 0 Å². The summed E-state index contributed by atoms with van der Waals surface area (Å²) in [5.74, 6) is 0.720. The molecule has 1 aromatic rings. The zero-order valence-electron chi connectivity index (χ0n) is 10.7. The molecule has 0 amide bonds. The summed E-state index contributed by atoms with van der Waals surface area (Å²) in [6, 6.07) is 7.68. The van der Waals surface area contributed by atoms with Crippen LogP contribution in [-0.4, -0.2) is 13.1 Å². The normalized spacial score (nSPS) is 25.7. The highest BCUT2D eigenvalue weighted by Crippen LogP contribution is 2.33. The molecule has 1 heteroatoms. The fourth-order valence-corrected chi connectivity index (χ4v) is 3.10. The van der Waals surface area contributed by atoms with Gasteiger partial charge in [-0.25, -0.2) is 0 Å². The molecule has 0 spiro atoms. The molecule has 16 heavy (non-hydrogen) atoms. The van der Waals surface area contributed by atoms with Crippen molar-refractivity contribution in [2.24, 2.45) is 0 Å². The van der Waals surface area contributed by atoms with Crippen molar-refractivity contribution >= 4 is 0 Å². The summed E-state index contributed by atoms with van der Waals surface area (Å²) in [5, 5.41) is 3.49. The first kappa shape index (κ1) is 11.7. The van der Waals surface area contributed by atoms with Gasteiger partial charge in [0.1, 0.15) is 0 Å². The Morgan fingerprint density at radius 1 is 1.00 bits per heavy atom. The lowest BCUT2D eigenvalue weighted by Gasteiger charge is -2.32. The van der Waals surface area contributed by atoms with Crippen LogP contribution in [0, 0.1) is 13.8 Å². The van der Waals surface area contributed by atoms with Gasteiger partial charge in [0.2, 0.25) is 0 Å². The zero-order chi connectivity index (χ0) is 11.5. The molecule has 1 aromatic carbocycles. The Hall–Kier alpha value is -0.820. The van der Waals surface area contributed by atoms with Crippen LogP contribution in [0.15, 0.2) is 18.2 Å². The van der Waals surface area contributed by atoms with E-state index in [1.165, 1.54) is 42.4 Å². The van der Waals surface area contributed by atoms with E-state index in [-0.39, 0.29) is 0 Å². The van der Waals surface area contributed by atoms with Crippen molar-refractivity contribution in [3.05, 3.63) is 34.9 Å². The third-order valence-corrected chi connectivity index (χ3v) is 3.81. The maximum absolute atomic E-state index is 3.49. The van der Waals surface area contributed by atoms with Crippen LogP contribution in [0.2, 0.25) is 0 Å². The Balaban J connectivity index is 2.26. The Morgan fingerprint density at radius 3 is 2.25 bits per heavy atom. The number of likely N-dealkylation sites (N-methyl/N-ethyl adjacent to an activating group) is 1. The average Bonchev–Trinajstić information content (AvgIpc) is 2.27. The van der Waals surface area contributed by atoms with Crippen LogP contribution in [0.25, 0.3) is 0 Å². The highest BCUT2D eigenvalue weighted by molar-refractivity contribution is 5.32. The minimum Gasteiger partial charge on any atom is -0.316 e. The van der Waals surface area contributed by atoms with E-state index in [0.29, 0.717) is 6.04 Å². The van der Waals surface area contributed by atoms with Gasteiger partial charge >= 0.3 is 0 Å². The highest BCUT2D eigenvalue weighted by atomic mass is 14.9. The molecule has 0 saturated heterocycles. The smallest absolute Gasteiger partial charge is 0.0133 e. The molecule has 0 radical (unpaired) electrons. The van der Waals surface area contributed by atoms with E-state index in [1.54, 1.807) is 0 Å². The number of benzene rings is 1. The van der Waals surface area contributed by atoms with E-state index >= 15 is 0 Å². The van der Waals surface area contributed by atoms with Gasteiger partial charge in [0.15, 0.2) is 0 Å².